The first-order chi connectivity index (χ1) is 10.6. The number of piperazine rings is 1. The van der Waals surface area contributed by atoms with Gasteiger partial charge in [-0.1, -0.05) is 12.1 Å². The van der Waals surface area contributed by atoms with Gasteiger partial charge < -0.3 is 24.4 Å². The molecule has 0 aromatic heterocycles. The van der Waals surface area contributed by atoms with Crippen LogP contribution in [0, 0.1) is 0 Å². The van der Waals surface area contributed by atoms with Crippen molar-refractivity contribution < 1.29 is 19.4 Å². The molecular formula is C16H23ClN2O4. The van der Waals surface area contributed by atoms with Crippen LogP contribution in [0.15, 0.2) is 18.2 Å². The van der Waals surface area contributed by atoms with Gasteiger partial charge in [0.25, 0.3) is 0 Å². The van der Waals surface area contributed by atoms with Crippen molar-refractivity contribution in [2.45, 2.75) is 25.2 Å². The second-order valence-electron chi connectivity index (χ2n) is 5.89. The molecule has 23 heavy (non-hydrogen) atoms. The van der Waals surface area contributed by atoms with Gasteiger partial charge in [-0.2, -0.15) is 0 Å². The standard InChI is InChI=1S/C16H22N2O4.ClH/c1-17-8-9-18(14(10-17)21-2)12-5-3-4-11-6-7-13(16(19)20)22-15(11)12;/h3-5,13-14H,6-10H2,1-2H3,(H,19,20);1H. The normalized spacial score (nSPS) is 24.3. The van der Waals surface area contributed by atoms with E-state index in [1.54, 1.807) is 7.11 Å². The minimum Gasteiger partial charge on any atom is -0.479 e. The summed E-state index contributed by atoms with van der Waals surface area (Å²) in [5.41, 5.74) is 2.01. The van der Waals surface area contributed by atoms with Gasteiger partial charge in [0.1, 0.15) is 12.0 Å². The first-order valence-corrected chi connectivity index (χ1v) is 7.59. The predicted octanol–water partition coefficient (Wildman–Crippen LogP) is 1.61. The van der Waals surface area contributed by atoms with E-state index in [1.165, 1.54) is 0 Å². The highest BCUT2D eigenvalue weighted by Gasteiger charge is 2.32. The molecule has 1 N–H and O–H groups in total. The van der Waals surface area contributed by atoms with Crippen molar-refractivity contribution in [2.24, 2.45) is 0 Å². The number of halogens is 1. The molecule has 0 spiro atoms. The van der Waals surface area contributed by atoms with Gasteiger partial charge in [-0.25, -0.2) is 4.79 Å². The highest BCUT2D eigenvalue weighted by Crippen LogP contribution is 2.38. The third kappa shape index (κ3) is 3.54. The first-order valence-electron chi connectivity index (χ1n) is 7.59. The van der Waals surface area contributed by atoms with Crippen LogP contribution in [0.4, 0.5) is 5.69 Å². The summed E-state index contributed by atoms with van der Waals surface area (Å²) in [5.74, 6) is -0.199. The van der Waals surface area contributed by atoms with Gasteiger partial charge in [-0.3, -0.25) is 0 Å². The van der Waals surface area contributed by atoms with Crippen molar-refractivity contribution in [3.63, 3.8) is 0 Å². The summed E-state index contributed by atoms with van der Waals surface area (Å²) in [6.45, 7) is 2.57. The summed E-state index contributed by atoms with van der Waals surface area (Å²) >= 11 is 0. The molecule has 0 radical (unpaired) electrons. The summed E-state index contributed by atoms with van der Waals surface area (Å²) in [7, 11) is 3.77. The van der Waals surface area contributed by atoms with Crippen LogP contribution in [0.5, 0.6) is 5.75 Å². The highest BCUT2D eigenvalue weighted by molar-refractivity contribution is 5.85. The van der Waals surface area contributed by atoms with Crippen LogP contribution in [0.1, 0.15) is 12.0 Å². The van der Waals surface area contributed by atoms with E-state index in [4.69, 9.17) is 9.47 Å². The quantitative estimate of drug-likeness (QED) is 0.900. The third-order valence-electron chi connectivity index (χ3n) is 4.41. The Labute approximate surface area is 142 Å². The zero-order chi connectivity index (χ0) is 15.7. The number of fused-ring (bicyclic) bond motifs is 1. The van der Waals surface area contributed by atoms with Crippen LogP contribution in [0.2, 0.25) is 0 Å². The number of nitrogens with zero attached hydrogens (tertiary/aromatic N) is 2. The van der Waals surface area contributed by atoms with E-state index in [9.17, 15) is 9.90 Å². The molecule has 2 aliphatic heterocycles. The number of para-hydroxylation sites is 1. The second kappa shape index (κ2) is 7.38. The minimum atomic E-state index is -0.901. The molecule has 0 amide bonds. The lowest BCUT2D eigenvalue weighted by Crippen LogP contribution is -2.53. The molecular weight excluding hydrogens is 320 g/mol. The van der Waals surface area contributed by atoms with Gasteiger partial charge >= 0.3 is 5.97 Å². The Morgan fingerprint density at radius 2 is 2.17 bits per heavy atom. The maximum atomic E-state index is 11.2. The van der Waals surface area contributed by atoms with E-state index in [-0.39, 0.29) is 18.6 Å². The minimum absolute atomic E-state index is 0. The Balaban J connectivity index is 0.00000192. The van der Waals surface area contributed by atoms with Gasteiger partial charge in [-0.15, -0.1) is 12.4 Å². The van der Waals surface area contributed by atoms with Gasteiger partial charge in [0.15, 0.2) is 6.10 Å². The summed E-state index contributed by atoms with van der Waals surface area (Å²) in [5, 5.41) is 9.23. The van der Waals surface area contributed by atoms with Gasteiger partial charge in [0.2, 0.25) is 0 Å². The largest absolute Gasteiger partial charge is 0.479 e. The second-order valence-corrected chi connectivity index (χ2v) is 5.89. The van der Waals surface area contributed by atoms with Crippen LogP contribution < -0.4 is 9.64 Å². The van der Waals surface area contributed by atoms with Crippen molar-refractivity contribution in [1.29, 1.82) is 0 Å². The van der Waals surface area contributed by atoms with E-state index in [1.807, 2.05) is 18.2 Å². The van der Waals surface area contributed by atoms with Gasteiger partial charge in [0.05, 0.1) is 5.69 Å². The van der Waals surface area contributed by atoms with Crippen LogP contribution >= 0.6 is 12.4 Å². The zero-order valence-electron chi connectivity index (χ0n) is 13.4. The molecule has 2 heterocycles. The molecule has 0 saturated carbocycles. The Hall–Kier alpha value is -1.50. The van der Waals surface area contributed by atoms with Crippen molar-refractivity contribution in [3.8, 4) is 5.75 Å². The van der Waals surface area contributed by atoms with Crippen molar-refractivity contribution >= 4 is 24.1 Å². The number of likely N-dealkylation sites (N-methyl/N-ethyl adjacent to an activating group) is 1. The van der Waals surface area contributed by atoms with Crippen molar-refractivity contribution in [3.05, 3.63) is 23.8 Å². The number of hydrogen-bond donors (Lipinski definition) is 1. The lowest BCUT2D eigenvalue weighted by molar-refractivity contribution is -0.145. The van der Waals surface area contributed by atoms with Crippen molar-refractivity contribution in [1.82, 2.24) is 4.90 Å². The number of anilines is 1. The SMILES string of the molecule is COC1CN(C)CCN1c1cccc2c1OC(C(=O)O)CC2.Cl. The number of ether oxygens (including phenoxy) is 2. The number of methoxy groups -OCH3 is 1. The molecule has 1 fully saturated rings. The van der Waals surface area contributed by atoms with E-state index in [2.05, 4.69) is 16.8 Å². The van der Waals surface area contributed by atoms with Gasteiger partial charge in [0, 0.05) is 26.7 Å². The van der Waals surface area contributed by atoms with E-state index >= 15 is 0 Å². The Bertz CT molecular complexity index is 569. The molecule has 1 saturated heterocycles. The summed E-state index contributed by atoms with van der Waals surface area (Å²) in [6, 6.07) is 6.00. The maximum Gasteiger partial charge on any atom is 0.344 e. The van der Waals surface area contributed by atoms with Crippen LogP contribution in [0.3, 0.4) is 0 Å². The molecule has 6 nitrogen and oxygen atoms in total. The fourth-order valence-electron chi connectivity index (χ4n) is 3.15. The van der Waals surface area contributed by atoms with Gasteiger partial charge in [-0.05, 0) is 31.5 Å². The Morgan fingerprint density at radius 1 is 1.39 bits per heavy atom. The molecule has 2 aliphatic rings. The van der Waals surface area contributed by atoms with Crippen molar-refractivity contribution in [2.75, 3.05) is 38.7 Å². The average Bonchev–Trinajstić information content (AvgIpc) is 2.53. The van der Waals surface area contributed by atoms with Crippen LogP contribution in [0.25, 0.3) is 0 Å². The molecule has 0 aliphatic carbocycles. The first kappa shape index (κ1) is 17.8. The lowest BCUT2D eigenvalue weighted by atomic mass is 10.0. The zero-order valence-corrected chi connectivity index (χ0v) is 14.2. The molecule has 3 rings (SSSR count). The summed E-state index contributed by atoms with van der Waals surface area (Å²) < 4.78 is 11.4. The monoisotopic (exact) mass is 342 g/mol. The smallest absolute Gasteiger partial charge is 0.344 e. The van der Waals surface area contributed by atoms with Crippen LogP contribution in [-0.4, -0.2) is 62.1 Å². The molecule has 128 valence electrons. The fourth-order valence-corrected chi connectivity index (χ4v) is 3.15. The van der Waals surface area contributed by atoms with E-state index in [0.717, 1.165) is 37.3 Å². The number of carboxylic acids is 1. The van der Waals surface area contributed by atoms with E-state index in [0.29, 0.717) is 12.2 Å². The number of hydrogen-bond acceptors (Lipinski definition) is 5. The Morgan fingerprint density at radius 3 is 2.87 bits per heavy atom. The number of rotatable bonds is 3. The molecule has 1 aromatic carbocycles. The number of carboxylic acid groups (broad SMARTS) is 1. The lowest BCUT2D eigenvalue weighted by Gasteiger charge is -2.41. The Kier molecular flexibility index (Phi) is 5.73. The molecule has 1 aromatic rings. The molecule has 0 bridgehead atoms. The topological polar surface area (TPSA) is 62.2 Å². The molecule has 2 atom stereocenters. The molecule has 2 unspecified atom stereocenters. The summed E-state index contributed by atoms with van der Waals surface area (Å²) in [6.07, 6.45) is 0.425. The third-order valence-corrected chi connectivity index (χ3v) is 4.41. The number of benzene rings is 1. The van der Waals surface area contributed by atoms with E-state index < -0.39 is 12.1 Å². The molecule has 7 heteroatoms. The van der Waals surface area contributed by atoms with Crippen LogP contribution in [-0.2, 0) is 16.0 Å². The predicted molar refractivity (Wildman–Crippen MR) is 89.7 cm³/mol. The average molecular weight is 343 g/mol. The fraction of sp³-hybridized carbons (Fsp3) is 0.562. The number of aliphatic carboxylic acids is 1. The highest BCUT2D eigenvalue weighted by atomic mass is 35.5. The summed E-state index contributed by atoms with van der Waals surface area (Å²) in [4.78, 5) is 15.6. The number of aryl methyl sites for hydroxylation is 1. The number of carbonyl (C=O) groups is 1. The maximum absolute atomic E-state index is 11.2.